The van der Waals surface area contributed by atoms with Crippen LogP contribution in [-0.2, 0) is 7.05 Å². The van der Waals surface area contributed by atoms with E-state index in [9.17, 15) is 4.79 Å². The fourth-order valence-corrected chi connectivity index (χ4v) is 4.63. The fraction of sp³-hybridized carbons (Fsp3) is 0.476. The molecule has 3 saturated heterocycles. The van der Waals surface area contributed by atoms with Crippen LogP contribution in [0.3, 0.4) is 0 Å². The van der Waals surface area contributed by atoms with Crippen LogP contribution in [0.25, 0.3) is 11.3 Å². The molecule has 5 rings (SSSR count). The van der Waals surface area contributed by atoms with Crippen molar-refractivity contribution >= 4 is 11.6 Å². The number of fused-ring (bicyclic) bond motifs is 3. The quantitative estimate of drug-likeness (QED) is 0.889. The Hall–Kier alpha value is -2.27. The van der Waals surface area contributed by atoms with Crippen LogP contribution >= 0.6 is 0 Å². The standard InChI is InChI=1S/C21H28N4O/c1-14-20(15-9-11-25(14)12-10-15)23-21(26)19-8-7-18(24(19)3)16-5-4-6-17(13-16)22-2/h4-8,13-15,20,22H,9-12H2,1-3H3,(H,23,26)/t14-,20-/m0/s1. The summed E-state index contributed by atoms with van der Waals surface area (Å²) >= 11 is 0. The highest BCUT2D eigenvalue weighted by Gasteiger charge is 2.40. The molecule has 0 saturated carbocycles. The molecule has 0 radical (unpaired) electrons. The zero-order valence-electron chi connectivity index (χ0n) is 15.8. The van der Waals surface area contributed by atoms with Gasteiger partial charge in [0.15, 0.2) is 0 Å². The van der Waals surface area contributed by atoms with Crippen molar-refractivity contribution in [1.29, 1.82) is 0 Å². The van der Waals surface area contributed by atoms with E-state index in [1.54, 1.807) is 0 Å². The van der Waals surface area contributed by atoms with Crippen LogP contribution in [0.4, 0.5) is 5.69 Å². The minimum Gasteiger partial charge on any atom is -0.388 e. The summed E-state index contributed by atoms with van der Waals surface area (Å²) in [5, 5.41) is 6.50. The van der Waals surface area contributed by atoms with Crippen molar-refractivity contribution in [2.75, 3.05) is 25.5 Å². The van der Waals surface area contributed by atoms with Crippen molar-refractivity contribution < 1.29 is 4.79 Å². The van der Waals surface area contributed by atoms with Crippen LogP contribution in [0.15, 0.2) is 36.4 Å². The Morgan fingerprint density at radius 2 is 1.92 bits per heavy atom. The van der Waals surface area contributed by atoms with Gasteiger partial charge in [0.25, 0.3) is 5.91 Å². The molecule has 1 amide bonds. The molecule has 2 N–H and O–H groups in total. The summed E-state index contributed by atoms with van der Waals surface area (Å²) in [6.07, 6.45) is 2.40. The molecule has 1 aromatic heterocycles. The van der Waals surface area contributed by atoms with Gasteiger partial charge in [-0.15, -0.1) is 0 Å². The number of hydrogen-bond acceptors (Lipinski definition) is 3. The molecule has 4 heterocycles. The first-order valence-corrected chi connectivity index (χ1v) is 9.57. The number of nitrogens with one attached hydrogen (secondary N) is 2. The summed E-state index contributed by atoms with van der Waals surface area (Å²) in [5.41, 5.74) is 3.94. The van der Waals surface area contributed by atoms with Crippen molar-refractivity contribution in [3.8, 4) is 11.3 Å². The average Bonchev–Trinajstić information content (AvgIpc) is 3.06. The largest absolute Gasteiger partial charge is 0.388 e. The molecule has 138 valence electrons. The zero-order chi connectivity index (χ0) is 18.3. The minimum atomic E-state index is 0.0362. The summed E-state index contributed by atoms with van der Waals surface area (Å²) in [4.78, 5) is 15.5. The molecule has 5 nitrogen and oxygen atoms in total. The van der Waals surface area contributed by atoms with Gasteiger partial charge in [0.2, 0.25) is 0 Å². The molecular weight excluding hydrogens is 324 g/mol. The molecule has 2 aromatic rings. The Labute approximate surface area is 155 Å². The van der Waals surface area contributed by atoms with Crippen molar-refractivity contribution in [2.24, 2.45) is 13.0 Å². The summed E-state index contributed by atoms with van der Waals surface area (Å²) in [6, 6.07) is 12.9. The second kappa shape index (κ2) is 6.80. The number of benzene rings is 1. The predicted octanol–water partition coefficient (Wildman–Crippen LogP) is 2.95. The van der Waals surface area contributed by atoms with E-state index in [1.165, 1.54) is 25.9 Å². The smallest absolute Gasteiger partial charge is 0.268 e. The van der Waals surface area contributed by atoms with E-state index in [4.69, 9.17) is 0 Å². The van der Waals surface area contributed by atoms with Crippen LogP contribution in [0.2, 0.25) is 0 Å². The Bertz CT molecular complexity index is 802. The Morgan fingerprint density at radius 1 is 1.15 bits per heavy atom. The van der Waals surface area contributed by atoms with E-state index in [0.29, 0.717) is 12.0 Å². The topological polar surface area (TPSA) is 49.3 Å². The number of nitrogens with zero attached hydrogens (tertiary/aromatic N) is 2. The third kappa shape index (κ3) is 2.90. The lowest BCUT2D eigenvalue weighted by molar-refractivity contribution is 0.0215. The molecule has 2 bridgehead atoms. The molecular formula is C21H28N4O. The van der Waals surface area contributed by atoms with E-state index >= 15 is 0 Å². The van der Waals surface area contributed by atoms with E-state index < -0.39 is 0 Å². The maximum atomic E-state index is 13.0. The molecule has 0 unspecified atom stereocenters. The molecule has 3 aliphatic heterocycles. The number of aromatic nitrogens is 1. The predicted molar refractivity (Wildman–Crippen MR) is 105 cm³/mol. The molecule has 3 fully saturated rings. The average molecular weight is 352 g/mol. The first-order chi connectivity index (χ1) is 12.6. The van der Waals surface area contributed by atoms with Gasteiger partial charge in [-0.1, -0.05) is 12.1 Å². The summed E-state index contributed by atoms with van der Waals surface area (Å²) < 4.78 is 2.00. The number of piperidine rings is 3. The van der Waals surface area contributed by atoms with Crippen molar-refractivity contribution in [3.63, 3.8) is 0 Å². The highest BCUT2D eigenvalue weighted by atomic mass is 16.2. The first-order valence-electron chi connectivity index (χ1n) is 9.57. The molecule has 5 heteroatoms. The minimum absolute atomic E-state index is 0.0362. The van der Waals surface area contributed by atoms with Gasteiger partial charge in [-0.05, 0) is 63.0 Å². The third-order valence-electron chi connectivity index (χ3n) is 6.28. The van der Waals surface area contributed by atoms with Crippen LogP contribution in [-0.4, -0.2) is 47.6 Å². The number of hydrogen-bond donors (Lipinski definition) is 2. The maximum absolute atomic E-state index is 13.0. The van der Waals surface area contributed by atoms with Gasteiger partial charge in [0, 0.05) is 43.1 Å². The lowest BCUT2D eigenvalue weighted by Gasteiger charge is -2.49. The number of amides is 1. The highest BCUT2D eigenvalue weighted by Crippen LogP contribution is 2.32. The van der Waals surface area contributed by atoms with Crippen LogP contribution in [0.1, 0.15) is 30.3 Å². The Morgan fingerprint density at radius 3 is 2.62 bits per heavy atom. The third-order valence-corrected chi connectivity index (χ3v) is 6.28. The summed E-state index contributed by atoms with van der Waals surface area (Å²) in [7, 11) is 3.88. The van der Waals surface area contributed by atoms with Gasteiger partial charge in [-0.25, -0.2) is 0 Å². The van der Waals surface area contributed by atoms with Crippen molar-refractivity contribution in [1.82, 2.24) is 14.8 Å². The van der Waals surface area contributed by atoms with Gasteiger partial charge in [-0.3, -0.25) is 9.69 Å². The number of anilines is 1. The normalized spacial score (nSPS) is 27.3. The summed E-state index contributed by atoms with van der Waals surface area (Å²) in [5.74, 6) is 0.653. The van der Waals surface area contributed by atoms with E-state index in [0.717, 1.165) is 22.6 Å². The first kappa shape index (κ1) is 17.2. The second-order valence-corrected chi connectivity index (χ2v) is 7.61. The van der Waals surface area contributed by atoms with Crippen LogP contribution in [0.5, 0.6) is 0 Å². The molecule has 1 aromatic carbocycles. The highest BCUT2D eigenvalue weighted by molar-refractivity contribution is 5.94. The SMILES string of the molecule is CNc1cccc(-c2ccc(C(=O)N[C@@H]3C4CCN(CC4)[C@H]3C)n2C)c1. The lowest BCUT2D eigenvalue weighted by atomic mass is 9.79. The number of rotatable bonds is 4. The van der Waals surface area contributed by atoms with Crippen LogP contribution in [0, 0.1) is 5.92 Å². The van der Waals surface area contributed by atoms with E-state index in [1.807, 2.05) is 42.9 Å². The fourth-order valence-electron chi connectivity index (χ4n) is 4.63. The van der Waals surface area contributed by atoms with E-state index in [-0.39, 0.29) is 11.9 Å². The van der Waals surface area contributed by atoms with Crippen molar-refractivity contribution in [3.05, 3.63) is 42.1 Å². The molecule has 0 spiro atoms. The zero-order valence-corrected chi connectivity index (χ0v) is 15.8. The van der Waals surface area contributed by atoms with Gasteiger partial charge in [-0.2, -0.15) is 0 Å². The number of carbonyl (C=O) groups is 1. The number of carbonyl (C=O) groups excluding carboxylic acids is 1. The molecule has 2 atom stereocenters. The maximum Gasteiger partial charge on any atom is 0.268 e. The van der Waals surface area contributed by atoms with Gasteiger partial charge < -0.3 is 15.2 Å². The van der Waals surface area contributed by atoms with Gasteiger partial charge >= 0.3 is 0 Å². The monoisotopic (exact) mass is 352 g/mol. The van der Waals surface area contributed by atoms with Crippen LogP contribution < -0.4 is 10.6 Å². The van der Waals surface area contributed by atoms with E-state index in [2.05, 4.69) is 34.6 Å². The molecule has 3 aliphatic rings. The molecule has 0 aliphatic carbocycles. The van der Waals surface area contributed by atoms with Crippen molar-refractivity contribution in [2.45, 2.75) is 31.8 Å². The second-order valence-electron chi connectivity index (χ2n) is 7.61. The Balaban J connectivity index is 1.55. The molecule has 26 heavy (non-hydrogen) atoms. The summed E-state index contributed by atoms with van der Waals surface area (Å²) in [6.45, 7) is 4.60. The van der Waals surface area contributed by atoms with Gasteiger partial charge in [0.05, 0.1) is 0 Å². The lowest BCUT2D eigenvalue weighted by Crippen LogP contribution is -2.62. The van der Waals surface area contributed by atoms with Gasteiger partial charge in [0.1, 0.15) is 5.69 Å². The Kier molecular flexibility index (Phi) is 4.49.